The van der Waals surface area contributed by atoms with Crippen molar-refractivity contribution in [2.24, 2.45) is 0 Å². The monoisotopic (exact) mass is 973 g/mol. The van der Waals surface area contributed by atoms with Crippen molar-refractivity contribution in [3.05, 3.63) is 97.2 Å². The van der Waals surface area contributed by atoms with Crippen molar-refractivity contribution in [3.63, 3.8) is 0 Å². The number of carbonyl (C=O) groups is 3. The first-order chi connectivity index (χ1) is 34.5. The lowest BCUT2D eigenvalue weighted by Gasteiger charge is -2.18. The van der Waals surface area contributed by atoms with Gasteiger partial charge in [0, 0.05) is 19.3 Å². The summed E-state index contributed by atoms with van der Waals surface area (Å²) in [7, 11) is 0. The molecule has 1 unspecified atom stereocenters. The summed E-state index contributed by atoms with van der Waals surface area (Å²) in [5, 5.41) is 0. The van der Waals surface area contributed by atoms with Gasteiger partial charge >= 0.3 is 17.9 Å². The van der Waals surface area contributed by atoms with Gasteiger partial charge < -0.3 is 14.2 Å². The Kier molecular flexibility index (Phi) is 54.9. The highest BCUT2D eigenvalue weighted by molar-refractivity contribution is 5.71. The molecule has 400 valence electrons. The van der Waals surface area contributed by atoms with E-state index in [2.05, 4.69) is 118 Å². The first kappa shape index (κ1) is 66.3. The smallest absolute Gasteiger partial charge is 0.306 e. The normalized spacial score (nSPS) is 12.8. The third-order valence-electron chi connectivity index (χ3n) is 12.3. The number of ether oxygens (including phenoxy) is 3. The largest absolute Gasteiger partial charge is 0.462 e. The molecule has 0 aliphatic heterocycles. The van der Waals surface area contributed by atoms with Crippen molar-refractivity contribution < 1.29 is 28.6 Å². The Balaban J connectivity index is 4.45. The average molecular weight is 974 g/mol. The van der Waals surface area contributed by atoms with Crippen LogP contribution in [0.3, 0.4) is 0 Å². The highest BCUT2D eigenvalue weighted by Gasteiger charge is 2.19. The maximum absolute atomic E-state index is 12.8. The number of hydrogen-bond donors (Lipinski definition) is 0. The van der Waals surface area contributed by atoms with Crippen molar-refractivity contribution in [1.82, 2.24) is 0 Å². The molecule has 0 bridgehead atoms. The topological polar surface area (TPSA) is 78.9 Å². The van der Waals surface area contributed by atoms with Crippen molar-refractivity contribution in [1.29, 1.82) is 0 Å². The lowest BCUT2D eigenvalue weighted by molar-refractivity contribution is -0.167. The molecule has 0 aromatic carbocycles. The maximum Gasteiger partial charge on any atom is 0.306 e. The van der Waals surface area contributed by atoms with Gasteiger partial charge in [0.1, 0.15) is 13.2 Å². The third-order valence-corrected chi connectivity index (χ3v) is 12.3. The van der Waals surface area contributed by atoms with Crippen LogP contribution >= 0.6 is 0 Å². The molecule has 0 saturated carbocycles. The van der Waals surface area contributed by atoms with Crippen LogP contribution in [0.4, 0.5) is 0 Å². The van der Waals surface area contributed by atoms with E-state index in [1.54, 1.807) is 0 Å². The second kappa shape index (κ2) is 57.9. The summed E-state index contributed by atoms with van der Waals surface area (Å²) in [6, 6.07) is 0. The van der Waals surface area contributed by atoms with E-state index in [1.807, 2.05) is 0 Å². The zero-order chi connectivity index (χ0) is 50.7. The molecule has 0 amide bonds. The minimum Gasteiger partial charge on any atom is -0.462 e. The number of rotatable bonds is 52. The molecule has 0 heterocycles. The molecule has 0 fully saturated rings. The Morgan fingerprint density at radius 2 is 0.571 bits per heavy atom. The Labute approximate surface area is 432 Å². The van der Waals surface area contributed by atoms with E-state index in [4.69, 9.17) is 14.2 Å². The summed E-state index contributed by atoms with van der Waals surface area (Å²) in [6.45, 7) is 6.37. The standard InChI is InChI=1S/C64H108O6/c1-4-7-10-13-16-19-22-25-28-30-31-32-34-36-39-42-45-48-51-54-57-63(66)69-60-61(59-68-62(65)56-53-50-47-44-41-38-35-27-24-21-18-15-12-9-6-3)70-64(67)58-55-52-49-46-43-40-37-33-29-26-23-20-17-14-11-8-5-2/h8-9,11-12,17-18,20-21,26-27,29,35,37,40,46,49,61H,4-7,10,13-16,19,22-25,28,30-34,36,38-39,41-45,47-48,50-60H2,1-3H3/b11-8-,12-9-,20-17-,21-18-,29-26-,35-27-,40-37-,49-46-. The Morgan fingerprint density at radius 3 is 0.914 bits per heavy atom. The highest BCUT2D eigenvalue weighted by atomic mass is 16.6. The van der Waals surface area contributed by atoms with Crippen LogP contribution in [0.5, 0.6) is 0 Å². The molecule has 0 N–H and O–H groups in total. The Hall–Kier alpha value is -3.67. The molecule has 6 heteroatoms. The molecular formula is C64H108O6. The average Bonchev–Trinajstić information content (AvgIpc) is 3.36. The van der Waals surface area contributed by atoms with Crippen LogP contribution in [-0.2, 0) is 28.6 Å². The van der Waals surface area contributed by atoms with Gasteiger partial charge in [0.15, 0.2) is 6.10 Å². The predicted octanol–water partition coefficient (Wildman–Crippen LogP) is 19.7. The fourth-order valence-corrected chi connectivity index (χ4v) is 8.02. The number of unbranched alkanes of at least 4 members (excludes halogenated alkanes) is 25. The molecule has 0 rings (SSSR count). The first-order valence-electron chi connectivity index (χ1n) is 29.2. The molecule has 70 heavy (non-hydrogen) atoms. The van der Waals surface area contributed by atoms with Crippen molar-refractivity contribution in [2.75, 3.05) is 13.2 Å². The summed E-state index contributed by atoms with van der Waals surface area (Å²) >= 11 is 0. The van der Waals surface area contributed by atoms with Crippen LogP contribution in [0, 0.1) is 0 Å². The van der Waals surface area contributed by atoms with E-state index in [0.29, 0.717) is 19.3 Å². The summed E-state index contributed by atoms with van der Waals surface area (Å²) in [5.41, 5.74) is 0. The van der Waals surface area contributed by atoms with E-state index in [9.17, 15) is 14.4 Å². The summed E-state index contributed by atoms with van der Waals surface area (Å²) in [5.74, 6) is -0.975. The molecule has 0 spiro atoms. The summed E-state index contributed by atoms with van der Waals surface area (Å²) in [6.07, 6.45) is 77.0. The van der Waals surface area contributed by atoms with E-state index in [1.165, 1.54) is 109 Å². The number of allylic oxidation sites excluding steroid dienone is 16. The lowest BCUT2D eigenvalue weighted by atomic mass is 10.0. The van der Waals surface area contributed by atoms with Gasteiger partial charge in [-0.2, -0.15) is 0 Å². The van der Waals surface area contributed by atoms with E-state index < -0.39 is 6.10 Å². The van der Waals surface area contributed by atoms with Gasteiger partial charge in [-0.3, -0.25) is 14.4 Å². The molecular weight excluding hydrogens is 865 g/mol. The van der Waals surface area contributed by atoms with Crippen LogP contribution in [0.1, 0.15) is 271 Å². The van der Waals surface area contributed by atoms with Gasteiger partial charge in [0.2, 0.25) is 0 Å². The molecule has 0 aliphatic rings. The minimum atomic E-state index is -0.814. The zero-order valence-electron chi connectivity index (χ0n) is 45.8. The van der Waals surface area contributed by atoms with E-state index in [0.717, 1.165) is 116 Å². The summed E-state index contributed by atoms with van der Waals surface area (Å²) < 4.78 is 16.8. The Morgan fingerprint density at radius 1 is 0.300 bits per heavy atom. The van der Waals surface area contributed by atoms with Crippen molar-refractivity contribution >= 4 is 17.9 Å². The van der Waals surface area contributed by atoms with Gasteiger partial charge in [-0.15, -0.1) is 0 Å². The maximum atomic E-state index is 12.8. The molecule has 0 aromatic rings. The highest BCUT2D eigenvalue weighted by Crippen LogP contribution is 2.16. The predicted molar refractivity (Wildman–Crippen MR) is 302 cm³/mol. The van der Waals surface area contributed by atoms with Gasteiger partial charge in [-0.1, -0.05) is 259 Å². The van der Waals surface area contributed by atoms with Crippen LogP contribution in [0.15, 0.2) is 97.2 Å². The van der Waals surface area contributed by atoms with Gasteiger partial charge in [0.05, 0.1) is 0 Å². The second-order valence-corrected chi connectivity index (χ2v) is 19.1. The molecule has 0 aromatic heterocycles. The third kappa shape index (κ3) is 55.3. The molecule has 1 atom stereocenters. The van der Waals surface area contributed by atoms with Crippen LogP contribution in [-0.4, -0.2) is 37.2 Å². The van der Waals surface area contributed by atoms with Crippen LogP contribution in [0.25, 0.3) is 0 Å². The number of carbonyl (C=O) groups excluding carboxylic acids is 3. The van der Waals surface area contributed by atoms with Gasteiger partial charge in [0.25, 0.3) is 0 Å². The number of hydrogen-bond acceptors (Lipinski definition) is 6. The molecule has 0 aliphatic carbocycles. The lowest BCUT2D eigenvalue weighted by Crippen LogP contribution is -2.30. The van der Waals surface area contributed by atoms with Gasteiger partial charge in [-0.25, -0.2) is 0 Å². The Bertz CT molecular complexity index is 1400. The molecule has 0 radical (unpaired) electrons. The number of esters is 3. The molecule has 6 nitrogen and oxygen atoms in total. The minimum absolute atomic E-state index is 0.104. The fourth-order valence-electron chi connectivity index (χ4n) is 8.02. The first-order valence-corrected chi connectivity index (χ1v) is 29.2. The molecule has 0 saturated heterocycles. The SMILES string of the molecule is CC/C=C\C/C=C\C/C=C\C/C=C\C/C=C\CCCC(=O)OC(COC(=O)CCCCCCC/C=C\C/C=C\C/C=C\CC)COC(=O)CCCCCCCCCCCCCCCCCCCCCC. The van der Waals surface area contributed by atoms with Gasteiger partial charge in [-0.05, 0) is 89.9 Å². The van der Waals surface area contributed by atoms with E-state index >= 15 is 0 Å². The van der Waals surface area contributed by atoms with Crippen molar-refractivity contribution in [2.45, 2.75) is 277 Å². The fraction of sp³-hybridized carbons (Fsp3) is 0.703. The van der Waals surface area contributed by atoms with Crippen LogP contribution in [0.2, 0.25) is 0 Å². The zero-order valence-corrected chi connectivity index (χ0v) is 45.8. The second-order valence-electron chi connectivity index (χ2n) is 19.1. The van der Waals surface area contributed by atoms with Crippen molar-refractivity contribution in [3.8, 4) is 0 Å². The van der Waals surface area contributed by atoms with Crippen LogP contribution < -0.4 is 0 Å². The van der Waals surface area contributed by atoms with E-state index in [-0.39, 0.29) is 37.5 Å². The quantitative estimate of drug-likeness (QED) is 0.0262. The summed E-state index contributed by atoms with van der Waals surface area (Å²) in [4.78, 5) is 38.2.